The molecule has 0 aliphatic heterocycles. The third kappa shape index (κ3) is 2.66. The summed E-state index contributed by atoms with van der Waals surface area (Å²) in [6.07, 6.45) is 0. The number of nitrogens with zero attached hydrogens (tertiary/aromatic N) is 2. The highest BCUT2D eigenvalue weighted by atomic mass is 32.1. The fraction of sp³-hybridized carbons (Fsp3) is 0.0714. The molecule has 0 saturated heterocycles. The molecule has 2 aromatic heterocycles. The fourth-order valence-electron chi connectivity index (χ4n) is 1.95. The predicted molar refractivity (Wildman–Crippen MR) is 87.7 cm³/mol. The molecule has 6 nitrogen and oxygen atoms in total. The standard InChI is InChI=1S/C14H12N4O2S2/c1-20-10-6-3-2-5-9(10)15-13-16-17-14(21)18(13)12(19)11-7-4-8-22-11/h2-8H,1H3,(H,15,16)(H,17,21). The molecular formula is C14H12N4O2S2. The van der Waals surface area contributed by atoms with E-state index in [1.165, 1.54) is 15.9 Å². The topological polar surface area (TPSA) is 71.9 Å². The van der Waals surface area contributed by atoms with Crippen molar-refractivity contribution in [2.24, 2.45) is 0 Å². The molecule has 2 heterocycles. The van der Waals surface area contributed by atoms with Crippen molar-refractivity contribution in [3.63, 3.8) is 0 Å². The van der Waals surface area contributed by atoms with Crippen molar-refractivity contribution >= 4 is 41.1 Å². The van der Waals surface area contributed by atoms with Gasteiger partial charge in [-0.25, -0.2) is 9.67 Å². The molecule has 0 aliphatic rings. The summed E-state index contributed by atoms with van der Waals surface area (Å²) in [7, 11) is 1.58. The van der Waals surface area contributed by atoms with Crippen molar-refractivity contribution in [3.8, 4) is 5.75 Å². The maximum absolute atomic E-state index is 12.5. The molecule has 3 rings (SSSR count). The second-order valence-electron chi connectivity index (χ2n) is 4.30. The number of ether oxygens (including phenoxy) is 1. The molecule has 0 amide bonds. The Morgan fingerprint density at radius 1 is 1.36 bits per heavy atom. The van der Waals surface area contributed by atoms with Gasteiger partial charge in [-0.05, 0) is 35.8 Å². The summed E-state index contributed by atoms with van der Waals surface area (Å²) in [5.74, 6) is 0.727. The van der Waals surface area contributed by atoms with E-state index in [9.17, 15) is 4.79 Å². The zero-order chi connectivity index (χ0) is 15.5. The van der Waals surface area contributed by atoms with E-state index in [4.69, 9.17) is 17.0 Å². The maximum Gasteiger partial charge on any atom is 0.277 e. The highest BCUT2D eigenvalue weighted by Gasteiger charge is 2.17. The Balaban J connectivity index is 1.99. The number of hydrogen-bond donors (Lipinski definition) is 2. The van der Waals surface area contributed by atoms with Crippen LogP contribution in [0.15, 0.2) is 41.8 Å². The van der Waals surface area contributed by atoms with Crippen LogP contribution in [0.25, 0.3) is 0 Å². The number of thiophene rings is 1. The van der Waals surface area contributed by atoms with Crippen molar-refractivity contribution < 1.29 is 9.53 Å². The number of carbonyl (C=O) groups is 1. The molecule has 0 bridgehead atoms. The van der Waals surface area contributed by atoms with Gasteiger partial charge in [0.25, 0.3) is 5.91 Å². The number of anilines is 2. The van der Waals surface area contributed by atoms with Crippen LogP contribution in [0.3, 0.4) is 0 Å². The largest absolute Gasteiger partial charge is 0.495 e. The van der Waals surface area contributed by atoms with Crippen molar-refractivity contribution in [2.75, 3.05) is 12.4 Å². The summed E-state index contributed by atoms with van der Waals surface area (Å²) in [6.45, 7) is 0. The summed E-state index contributed by atoms with van der Waals surface area (Å²) in [6, 6.07) is 10.9. The molecule has 0 saturated carbocycles. The molecular weight excluding hydrogens is 320 g/mol. The zero-order valence-electron chi connectivity index (χ0n) is 11.6. The van der Waals surface area contributed by atoms with E-state index in [0.29, 0.717) is 22.3 Å². The van der Waals surface area contributed by atoms with Crippen LogP contribution >= 0.6 is 23.6 Å². The molecule has 0 aliphatic carbocycles. The first-order chi connectivity index (χ1) is 10.7. The van der Waals surface area contributed by atoms with Gasteiger partial charge in [0.15, 0.2) is 0 Å². The van der Waals surface area contributed by atoms with Gasteiger partial charge in [-0.1, -0.05) is 18.2 Å². The zero-order valence-corrected chi connectivity index (χ0v) is 13.2. The minimum absolute atomic E-state index is 0.230. The van der Waals surface area contributed by atoms with Crippen LogP contribution in [0, 0.1) is 4.77 Å². The Labute approximate surface area is 135 Å². The number of hydrogen-bond acceptors (Lipinski definition) is 6. The van der Waals surface area contributed by atoms with Gasteiger partial charge in [-0.15, -0.1) is 16.4 Å². The van der Waals surface area contributed by atoms with Crippen LogP contribution in [0.5, 0.6) is 5.75 Å². The smallest absolute Gasteiger partial charge is 0.277 e. The number of benzene rings is 1. The Bertz CT molecular complexity index is 852. The molecule has 0 unspecified atom stereocenters. The van der Waals surface area contributed by atoms with Crippen molar-refractivity contribution in [2.45, 2.75) is 0 Å². The third-order valence-corrected chi connectivity index (χ3v) is 4.09. The van der Waals surface area contributed by atoms with Gasteiger partial charge < -0.3 is 10.1 Å². The second kappa shape index (κ2) is 6.12. The molecule has 2 N–H and O–H groups in total. The number of methoxy groups -OCH3 is 1. The van der Waals surface area contributed by atoms with Crippen LogP contribution in [0.4, 0.5) is 11.6 Å². The molecule has 0 radical (unpaired) electrons. The van der Waals surface area contributed by atoms with Crippen LogP contribution in [-0.2, 0) is 0 Å². The van der Waals surface area contributed by atoms with E-state index in [0.717, 1.165) is 0 Å². The van der Waals surface area contributed by atoms with Gasteiger partial charge in [0.1, 0.15) is 5.75 Å². The molecule has 8 heteroatoms. The monoisotopic (exact) mass is 332 g/mol. The van der Waals surface area contributed by atoms with Crippen LogP contribution < -0.4 is 10.1 Å². The number of aromatic amines is 1. The van der Waals surface area contributed by atoms with E-state index in [-0.39, 0.29) is 10.7 Å². The SMILES string of the molecule is COc1ccccc1Nc1n[nH]c(=S)n1C(=O)c1cccs1. The van der Waals surface area contributed by atoms with Gasteiger partial charge in [0.2, 0.25) is 10.7 Å². The first-order valence-corrected chi connectivity index (χ1v) is 7.65. The van der Waals surface area contributed by atoms with Crippen LogP contribution in [-0.4, -0.2) is 27.8 Å². The van der Waals surface area contributed by atoms with Gasteiger partial charge in [-0.2, -0.15) is 0 Å². The van der Waals surface area contributed by atoms with E-state index in [2.05, 4.69) is 15.5 Å². The summed E-state index contributed by atoms with van der Waals surface area (Å²) in [4.78, 5) is 13.1. The summed E-state index contributed by atoms with van der Waals surface area (Å²) in [5, 5.41) is 11.6. The molecule has 0 spiro atoms. The van der Waals surface area contributed by atoms with Crippen LogP contribution in [0.1, 0.15) is 9.67 Å². The summed E-state index contributed by atoms with van der Waals surface area (Å²) in [5.41, 5.74) is 0.694. The molecule has 3 aromatic rings. The van der Waals surface area contributed by atoms with E-state index >= 15 is 0 Å². The predicted octanol–water partition coefficient (Wildman–Crippen LogP) is 3.44. The average molecular weight is 332 g/mol. The quantitative estimate of drug-likeness (QED) is 0.716. The Kier molecular flexibility index (Phi) is 4.03. The second-order valence-corrected chi connectivity index (χ2v) is 5.63. The van der Waals surface area contributed by atoms with E-state index in [1.54, 1.807) is 13.2 Å². The first-order valence-electron chi connectivity index (χ1n) is 6.36. The maximum atomic E-state index is 12.5. The Morgan fingerprint density at radius 2 is 2.18 bits per heavy atom. The fourth-order valence-corrected chi connectivity index (χ4v) is 2.82. The first kappa shape index (κ1) is 14.5. The van der Waals surface area contributed by atoms with Gasteiger partial charge in [0, 0.05) is 0 Å². The molecule has 112 valence electrons. The molecule has 0 atom stereocenters. The number of nitrogens with one attached hydrogen (secondary N) is 2. The summed E-state index contributed by atoms with van der Waals surface area (Å²) >= 11 is 6.51. The van der Waals surface area contributed by atoms with Gasteiger partial charge in [-0.3, -0.25) is 4.79 Å². The van der Waals surface area contributed by atoms with Gasteiger partial charge in [0.05, 0.1) is 17.7 Å². The molecule has 22 heavy (non-hydrogen) atoms. The lowest BCUT2D eigenvalue weighted by Crippen LogP contribution is -2.13. The van der Waals surface area contributed by atoms with Crippen molar-refractivity contribution in [3.05, 3.63) is 51.4 Å². The van der Waals surface area contributed by atoms with E-state index < -0.39 is 0 Å². The average Bonchev–Trinajstić information content (AvgIpc) is 3.18. The Morgan fingerprint density at radius 3 is 2.91 bits per heavy atom. The number of H-pyrrole nitrogens is 1. The highest BCUT2D eigenvalue weighted by Crippen LogP contribution is 2.26. The minimum Gasteiger partial charge on any atom is -0.495 e. The number of rotatable bonds is 4. The normalized spacial score (nSPS) is 10.4. The lowest BCUT2D eigenvalue weighted by atomic mass is 10.3. The minimum atomic E-state index is -0.230. The van der Waals surface area contributed by atoms with Crippen molar-refractivity contribution in [1.82, 2.24) is 14.8 Å². The molecule has 0 fully saturated rings. The van der Waals surface area contributed by atoms with E-state index in [1.807, 2.05) is 35.7 Å². The van der Waals surface area contributed by atoms with Crippen molar-refractivity contribution in [1.29, 1.82) is 0 Å². The number of carbonyl (C=O) groups excluding carboxylic acids is 1. The lowest BCUT2D eigenvalue weighted by Gasteiger charge is -2.10. The van der Waals surface area contributed by atoms with Gasteiger partial charge >= 0.3 is 0 Å². The third-order valence-electron chi connectivity index (χ3n) is 2.96. The number of aromatic nitrogens is 3. The highest BCUT2D eigenvalue weighted by molar-refractivity contribution is 7.71. The molecule has 1 aromatic carbocycles. The number of para-hydroxylation sites is 2. The summed E-state index contributed by atoms with van der Waals surface area (Å²) < 4.78 is 6.84. The Hall–Kier alpha value is -2.45. The van der Waals surface area contributed by atoms with Crippen LogP contribution in [0.2, 0.25) is 0 Å². The lowest BCUT2D eigenvalue weighted by molar-refractivity contribution is 0.0964.